The van der Waals surface area contributed by atoms with Crippen molar-refractivity contribution < 1.29 is 9.59 Å². The quantitative estimate of drug-likeness (QED) is 0.883. The van der Waals surface area contributed by atoms with Crippen molar-refractivity contribution in [1.29, 1.82) is 0 Å². The molecular formula is C20H20N2O2. The molecule has 0 radical (unpaired) electrons. The number of ketones is 1. The van der Waals surface area contributed by atoms with E-state index in [4.69, 9.17) is 0 Å². The zero-order valence-corrected chi connectivity index (χ0v) is 13.8. The Morgan fingerprint density at radius 2 is 1.71 bits per heavy atom. The molecule has 0 aromatic heterocycles. The second-order valence-electron chi connectivity index (χ2n) is 6.05. The third-order valence-electron chi connectivity index (χ3n) is 4.19. The van der Waals surface area contributed by atoms with Crippen LogP contribution in [0.1, 0.15) is 35.7 Å². The van der Waals surface area contributed by atoms with E-state index in [2.05, 4.69) is 10.6 Å². The van der Waals surface area contributed by atoms with E-state index in [0.29, 0.717) is 12.0 Å². The van der Waals surface area contributed by atoms with Crippen molar-refractivity contribution in [2.24, 2.45) is 0 Å². The normalized spacial score (nSPS) is 14.0. The highest BCUT2D eigenvalue weighted by molar-refractivity contribution is 6.04. The minimum Gasteiger partial charge on any atom is -0.359 e. The molecule has 0 saturated carbocycles. The zero-order chi connectivity index (χ0) is 17.1. The first-order chi connectivity index (χ1) is 11.5. The van der Waals surface area contributed by atoms with Gasteiger partial charge in [-0.25, -0.2) is 0 Å². The standard InChI is InChI=1S/C20H20N2O2/c1-13-4-3-5-17(12-13)22-20(24)15-6-8-16(9-7-15)21-18-10-11-19(23)14(18)2/h3-9,12,21H,10-11H2,1-2H3,(H,22,24). The number of carbonyl (C=O) groups is 2. The van der Waals surface area contributed by atoms with E-state index >= 15 is 0 Å². The Kier molecular flexibility index (Phi) is 4.47. The highest BCUT2D eigenvalue weighted by Gasteiger charge is 2.19. The first kappa shape index (κ1) is 16.0. The van der Waals surface area contributed by atoms with Crippen LogP contribution in [0.4, 0.5) is 11.4 Å². The largest absolute Gasteiger partial charge is 0.359 e. The highest BCUT2D eigenvalue weighted by atomic mass is 16.1. The predicted octanol–water partition coefficient (Wildman–Crippen LogP) is 4.30. The number of anilines is 2. The number of carbonyl (C=O) groups excluding carboxylic acids is 2. The number of nitrogens with one attached hydrogen (secondary N) is 2. The van der Waals surface area contributed by atoms with Gasteiger partial charge in [-0.15, -0.1) is 0 Å². The Morgan fingerprint density at radius 1 is 0.958 bits per heavy atom. The molecule has 2 aromatic carbocycles. The first-order valence-electron chi connectivity index (χ1n) is 8.01. The Hall–Kier alpha value is -2.88. The van der Waals surface area contributed by atoms with Crippen LogP contribution in [0, 0.1) is 6.92 Å². The first-order valence-corrected chi connectivity index (χ1v) is 8.01. The van der Waals surface area contributed by atoms with Crippen molar-refractivity contribution in [1.82, 2.24) is 0 Å². The summed E-state index contributed by atoms with van der Waals surface area (Å²) < 4.78 is 0. The average molecular weight is 320 g/mol. The summed E-state index contributed by atoms with van der Waals surface area (Å²) in [5, 5.41) is 6.16. The van der Waals surface area contributed by atoms with E-state index in [1.807, 2.05) is 50.2 Å². The minimum absolute atomic E-state index is 0.140. The van der Waals surface area contributed by atoms with E-state index in [1.165, 1.54) is 0 Å². The predicted molar refractivity (Wildman–Crippen MR) is 96.1 cm³/mol. The maximum absolute atomic E-state index is 12.3. The Bertz CT molecular complexity index is 820. The van der Waals surface area contributed by atoms with Gasteiger partial charge in [0.2, 0.25) is 0 Å². The molecule has 1 amide bonds. The van der Waals surface area contributed by atoms with E-state index < -0.39 is 0 Å². The molecule has 1 aliphatic carbocycles. The summed E-state index contributed by atoms with van der Waals surface area (Å²) >= 11 is 0. The Balaban J connectivity index is 1.68. The monoisotopic (exact) mass is 320 g/mol. The van der Waals surface area contributed by atoms with Gasteiger partial charge in [-0.3, -0.25) is 9.59 Å². The molecule has 4 nitrogen and oxygen atoms in total. The summed E-state index contributed by atoms with van der Waals surface area (Å²) in [7, 11) is 0. The third kappa shape index (κ3) is 3.54. The van der Waals surface area contributed by atoms with Crippen molar-refractivity contribution >= 4 is 23.1 Å². The van der Waals surface area contributed by atoms with Gasteiger partial charge in [-0.05, 0) is 62.2 Å². The fourth-order valence-corrected chi connectivity index (χ4v) is 2.74. The average Bonchev–Trinajstić information content (AvgIpc) is 2.87. The summed E-state index contributed by atoms with van der Waals surface area (Å²) in [6.07, 6.45) is 1.32. The van der Waals surface area contributed by atoms with Gasteiger partial charge in [0.05, 0.1) is 0 Å². The van der Waals surface area contributed by atoms with Gasteiger partial charge in [-0.1, -0.05) is 12.1 Å². The van der Waals surface area contributed by atoms with Crippen LogP contribution in [-0.2, 0) is 4.79 Å². The number of amides is 1. The molecule has 4 heteroatoms. The number of allylic oxidation sites excluding steroid dienone is 2. The molecule has 24 heavy (non-hydrogen) atoms. The van der Waals surface area contributed by atoms with Crippen molar-refractivity contribution in [3.8, 4) is 0 Å². The summed E-state index contributed by atoms with van der Waals surface area (Å²) in [4.78, 5) is 23.9. The lowest BCUT2D eigenvalue weighted by Crippen LogP contribution is -2.12. The van der Waals surface area contributed by atoms with Gasteiger partial charge >= 0.3 is 0 Å². The lowest BCUT2D eigenvalue weighted by Gasteiger charge is -2.10. The van der Waals surface area contributed by atoms with Gasteiger partial charge < -0.3 is 10.6 Å². The van der Waals surface area contributed by atoms with E-state index in [-0.39, 0.29) is 11.7 Å². The van der Waals surface area contributed by atoms with E-state index in [9.17, 15) is 9.59 Å². The Morgan fingerprint density at radius 3 is 2.33 bits per heavy atom. The van der Waals surface area contributed by atoms with E-state index in [0.717, 1.165) is 34.6 Å². The number of benzene rings is 2. The summed E-state index contributed by atoms with van der Waals surface area (Å²) in [5.74, 6) is 0.0604. The molecule has 3 rings (SSSR count). The lowest BCUT2D eigenvalue weighted by molar-refractivity contribution is -0.114. The van der Waals surface area contributed by atoms with Crippen LogP contribution in [0.25, 0.3) is 0 Å². The van der Waals surface area contributed by atoms with Crippen LogP contribution in [0.3, 0.4) is 0 Å². The third-order valence-corrected chi connectivity index (χ3v) is 4.19. The zero-order valence-electron chi connectivity index (χ0n) is 13.8. The maximum atomic E-state index is 12.3. The Labute approximate surface area is 141 Å². The fourth-order valence-electron chi connectivity index (χ4n) is 2.74. The van der Waals surface area contributed by atoms with Crippen LogP contribution in [0.2, 0.25) is 0 Å². The lowest BCUT2D eigenvalue weighted by atomic mass is 10.1. The number of Topliss-reactive ketones (excluding diaryl/α,β-unsaturated/α-hetero) is 1. The molecule has 0 saturated heterocycles. The fraction of sp³-hybridized carbons (Fsp3) is 0.200. The van der Waals surface area contributed by atoms with Gasteiger partial charge in [0.15, 0.2) is 5.78 Å². The van der Waals surface area contributed by atoms with Crippen molar-refractivity contribution in [2.45, 2.75) is 26.7 Å². The van der Waals surface area contributed by atoms with Crippen LogP contribution in [0.15, 0.2) is 59.8 Å². The molecule has 1 aliphatic rings. The summed E-state index contributed by atoms with van der Waals surface area (Å²) in [5.41, 5.74) is 5.13. The molecule has 122 valence electrons. The SMILES string of the molecule is CC1=C(Nc2ccc(C(=O)Nc3cccc(C)c3)cc2)CCC1=O. The van der Waals surface area contributed by atoms with Crippen molar-refractivity contribution in [2.75, 3.05) is 10.6 Å². The molecule has 0 aliphatic heterocycles. The molecular weight excluding hydrogens is 300 g/mol. The van der Waals surface area contributed by atoms with Crippen molar-refractivity contribution in [3.05, 3.63) is 70.9 Å². The molecule has 2 N–H and O–H groups in total. The highest BCUT2D eigenvalue weighted by Crippen LogP contribution is 2.24. The second kappa shape index (κ2) is 6.71. The molecule has 0 bridgehead atoms. The van der Waals surface area contributed by atoms with Crippen molar-refractivity contribution in [3.63, 3.8) is 0 Å². The van der Waals surface area contributed by atoms with Gasteiger partial charge in [0, 0.05) is 34.6 Å². The molecule has 0 spiro atoms. The van der Waals surface area contributed by atoms with Crippen LogP contribution in [-0.4, -0.2) is 11.7 Å². The van der Waals surface area contributed by atoms with Crippen LogP contribution >= 0.6 is 0 Å². The molecule has 0 heterocycles. The smallest absolute Gasteiger partial charge is 0.255 e. The molecule has 0 fully saturated rings. The van der Waals surface area contributed by atoms with Gasteiger partial charge in [-0.2, -0.15) is 0 Å². The number of hydrogen-bond donors (Lipinski definition) is 2. The molecule has 2 aromatic rings. The topological polar surface area (TPSA) is 58.2 Å². The van der Waals surface area contributed by atoms with Crippen LogP contribution < -0.4 is 10.6 Å². The number of aryl methyl sites for hydroxylation is 1. The number of hydrogen-bond acceptors (Lipinski definition) is 3. The minimum atomic E-state index is -0.140. The van der Waals surface area contributed by atoms with Gasteiger partial charge in [0.1, 0.15) is 0 Å². The molecule has 0 atom stereocenters. The van der Waals surface area contributed by atoms with E-state index in [1.54, 1.807) is 12.1 Å². The van der Waals surface area contributed by atoms with Gasteiger partial charge in [0.25, 0.3) is 5.91 Å². The second-order valence-corrected chi connectivity index (χ2v) is 6.05. The maximum Gasteiger partial charge on any atom is 0.255 e. The van der Waals surface area contributed by atoms with Crippen LogP contribution in [0.5, 0.6) is 0 Å². The summed E-state index contributed by atoms with van der Waals surface area (Å²) in [6, 6.07) is 15.0. The molecule has 0 unspecified atom stereocenters. The summed E-state index contributed by atoms with van der Waals surface area (Å²) in [6.45, 7) is 3.84. The number of rotatable bonds is 4.